The molecule has 1 unspecified atom stereocenters. The van der Waals surface area contributed by atoms with Gasteiger partial charge in [0.05, 0.1) is 12.1 Å². The Morgan fingerprint density at radius 3 is 2.78 bits per heavy atom. The average Bonchev–Trinajstić information content (AvgIpc) is 3.44. The molecule has 1 atom stereocenters. The highest BCUT2D eigenvalue weighted by Crippen LogP contribution is 2.31. The number of amides is 4. The lowest BCUT2D eigenvalue weighted by atomic mass is 10.2. The molecule has 1 aromatic carbocycles. The summed E-state index contributed by atoms with van der Waals surface area (Å²) in [6.45, 7) is 1.39. The third-order valence-electron chi connectivity index (χ3n) is 4.17. The Balaban J connectivity index is 1.47. The molecule has 9 nitrogen and oxygen atoms in total. The summed E-state index contributed by atoms with van der Waals surface area (Å²) in [7, 11) is 0. The number of carbonyl (C=O) groups excluding carboxylic acids is 4. The summed E-state index contributed by atoms with van der Waals surface area (Å²) in [6, 6.07) is 6.55. The molecule has 1 heterocycles. The topological polar surface area (TPSA) is 114 Å². The molecule has 1 saturated carbocycles. The van der Waals surface area contributed by atoms with E-state index in [1.54, 1.807) is 24.3 Å². The molecule has 0 aromatic heterocycles. The number of nitrogens with one attached hydrogen (secondary N) is 2. The van der Waals surface area contributed by atoms with Gasteiger partial charge in [-0.3, -0.25) is 19.7 Å². The fraction of sp³-hybridized carbons (Fsp3) is 0.444. The molecule has 27 heavy (non-hydrogen) atoms. The monoisotopic (exact) mass is 375 g/mol. The summed E-state index contributed by atoms with van der Waals surface area (Å²) >= 11 is 0. The maximum absolute atomic E-state index is 12.1. The van der Waals surface area contributed by atoms with E-state index in [9.17, 15) is 19.2 Å². The third kappa shape index (κ3) is 4.96. The Labute approximate surface area is 156 Å². The molecule has 1 fully saturated rings. The Kier molecular flexibility index (Phi) is 5.58. The number of fused-ring (bicyclic) bond motifs is 1. The van der Waals surface area contributed by atoms with E-state index < -0.39 is 24.0 Å². The van der Waals surface area contributed by atoms with E-state index in [0.29, 0.717) is 11.4 Å². The van der Waals surface area contributed by atoms with Gasteiger partial charge in [-0.05, 0) is 31.9 Å². The maximum Gasteiger partial charge on any atom is 0.321 e. The van der Waals surface area contributed by atoms with Crippen LogP contribution in [0.4, 0.5) is 10.5 Å². The molecule has 0 saturated heterocycles. The van der Waals surface area contributed by atoms with Crippen molar-refractivity contribution in [1.82, 2.24) is 10.6 Å². The van der Waals surface area contributed by atoms with E-state index in [1.807, 2.05) is 0 Å². The van der Waals surface area contributed by atoms with Gasteiger partial charge in [-0.15, -0.1) is 0 Å². The van der Waals surface area contributed by atoms with Crippen LogP contribution in [0.25, 0.3) is 0 Å². The zero-order chi connectivity index (χ0) is 19.4. The van der Waals surface area contributed by atoms with Crippen molar-refractivity contribution in [3.63, 3.8) is 0 Å². The van der Waals surface area contributed by atoms with Gasteiger partial charge in [-0.1, -0.05) is 12.1 Å². The van der Waals surface area contributed by atoms with Gasteiger partial charge in [0.2, 0.25) is 0 Å². The zero-order valence-corrected chi connectivity index (χ0v) is 14.9. The number of anilines is 1. The number of carbonyl (C=O) groups is 4. The van der Waals surface area contributed by atoms with Gasteiger partial charge in [0.25, 0.3) is 11.8 Å². The summed E-state index contributed by atoms with van der Waals surface area (Å²) in [5.41, 5.74) is 0.587. The van der Waals surface area contributed by atoms with Crippen molar-refractivity contribution < 1.29 is 28.7 Å². The zero-order valence-electron chi connectivity index (χ0n) is 14.9. The van der Waals surface area contributed by atoms with Crippen LogP contribution >= 0.6 is 0 Å². The summed E-state index contributed by atoms with van der Waals surface area (Å²) in [5.74, 6) is -1.03. The number of para-hydroxylation sites is 2. The molecule has 0 radical (unpaired) electrons. The highest BCUT2D eigenvalue weighted by molar-refractivity contribution is 5.99. The van der Waals surface area contributed by atoms with Crippen LogP contribution in [-0.2, 0) is 19.1 Å². The number of nitrogens with zero attached hydrogens (tertiary/aromatic N) is 1. The van der Waals surface area contributed by atoms with Crippen LogP contribution < -0.4 is 20.3 Å². The first-order valence-electron chi connectivity index (χ1n) is 8.77. The van der Waals surface area contributed by atoms with Gasteiger partial charge in [-0.2, -0.15) is 0 Å². The third-order valence-corrected chi connectivity index (χ3v) is 4.17. The highest BCUT2D eigenvalue weighted by Gasteiger charge is 2.28. The lowest BCUT2D eigenvalue weighted by molar-refractivity contribution is -0.154. The fourth-order valence-corrected chi connectivity index (χ4v) is 2.57. The molecule has 0 spiro atoms. The molecule has 144 valence electrons. The van der Waals surface area contributed by atoms with Gasteiger partial charge < -0.3 is 19.7 Å². The number of hydrogen-bond acceptors (Lipinski definition) is 6. The van der Waals surface area contributed by atoms with Crippen LogP contribution in [0.1, 0.15) is 26.2 Å². The summed E-state index contributed by atoms with van der Waals surface area (Å²) < 4.78 is 10.4. The van der Waals surface area contributed by atoms with Gasteiger partial charge in [0.15, 0.2) is 12.7 Å². The molecular weight excluding hydrogens is 354 g/mol. The number of urea groups is 1. The lowest BCUT2D eigenvalue weighted by Gasteiger charge is -2.29. The van der Waals surface area contributed by atoms with Crippen molar-refractivity contribution in [3.8, 4) is 5.75 Å². The standard InChI is InChI=1S/C18H21N3O6/c1-11(17(24)20-18(25)19-12-6-7-12)27-16(23)8-9-21-13-4-2-3-5-14(13)26-10-15(21)22/h2-5,11-12H,6-10H2,1H3,(H2,19,20,24,25). The minimum atomic E-state index is -1.12. The number of rotatable bonds is 6. The first kappa shape index (κ1) is 18.7. The molecule has 2 N–H and O–H groups in total. The van der Waals surface area contributed by atoms with Crippen LogP contribution in [-0.4, -0.2) is 49.1 Å². The number of imide groups is 1. The van der Waals surface area contributed by atoms with E-state index in [2.05, 4.69) is 10.6 Å². The molecule has 9 heteroatoms. The van der Waals surface area contributed by atoms with E-state index in [4.69, 9.17) is 9.47 Å². The van der Waals surface area contributed by atoms with Crippen LogP contribution in [0.2, 0.25) is 0 Å². The smallest absolute Gasteiger partial charge is 0.321 e. The Hall–Kier alpha value is -3.10. The Bertz CT molecular complexity index is 761. The second kappa shape index (κ2) is 8.07. The van der Waals surface area contributed by atoms with Gasteiger partial charge in [-0.25, -0.2) is 4.79 Å². The number of ether oxygens (including phenoxy) is 2. The minimum absolute atomic E-state index is 0.0913. The van der Waals surface area contributed by atoms with Gasteiger partial charge >= 0.3 is 12.0 Å². The molecule has 3 rings (SSSR count). The van der Waals surface area contributed by atoms with E-state index >= 15 is 0 Å². The molecule has 1 aromatic rings. The van der Waals surface area contributed by atoms with Crippen molar-refractivity contribution in [1.29, 1.82) is 0 Å². The van der Waals surface area contributed by atoms with Crippen LogP contribution in [0.15, 0.2) is 24.3 Å². The first-order chi connectivity index (χ1) is 12.9. The van der Waals surface area contributed by atoms with Crippen molar-refractivity contribution >= 4 is 29.5 Å². The molecule has 2 aliphatic rings. The lowest BCUT2D eigenvalue weighted by Crippen LogP contribution is -2.45. The van der Waals surface area contributed by atoms with Crippen LogP contribution in [0, 0.1) is 0 Å². The quantitative estimate of drug-likeness (QED) is 0.709. The molecule has 1 aliphatic carbocycles. The number of hydrogen-bond donors (Lipinski definition) is 2. The summed E-state index contributed by atoms with van der Waals surface area (Å²) in [4.78, 5) is 48.9. The van der Waals surface area contributed by atoms with Crippen LogP contribution in [0.3, 0.4) is 0 Å². The summed E-state index contributed by atoms with van der Waals surface area (Å²) in [6.07, 6.45) is 0.590. The Morgan fingerprint density at radius 1 is 1.30 bits per heavy atom. The van der Waals surface area contributed by atoms with Gasteiger partial charge in [0, 0.05) is 12.6 Å². The molecule has 0 bridgehead atoms. The average molecular weight is 375 g/mol. The first-order valence-corrected chi connectivity index (χ1v) is 8.77. The fourth-order valence-electron chi connectivity index (χ4n) is 2.57. The van der Waals surface area contributed by atoms with E-state index in [-0.39, 0.29) is 31.5 Å². The summed E-state index contributed by atoms with van der Waals surface area (Å²) in [5, 5.41) is 4.74. The molecular formula is C18H21N3O6. The van der Waals surface area contributed by atoms with Crippen molar-refractivity contribution in [3.05, 3.63) is 24.3 Å². The molecule has 4 amide bonds. The van der Waals surface area contributed by atoms with E-state index in [1.165, 1.54) is 11.8 Å². The highest BCUT2D eigenvalue weighted by atomic mass is 16.5. The van der Waals surface area contributed by atoms with Crippen LogP contribution in [0.5, 0.6) is 5.75 Å². The predicted molar refractivity (Wildman–Crippen MR) is 94.2 cm³/mol. The minimum Gasteiger partial charge on any atom is -0.482 e. The predicted octanol–water partition coefficient (Wildman–Crippen LogP) is 0.722. The Morgan fingerprint density at radius 2 is 2.04 bits per heavy atom. The van der Waals surface area contributed by atoms with Gasteiger partial charge in [0.1, 0.15) is 5.75 Å². The number of benzene rings is 1. The molecule has 1 aliphatic heterocycles. The normalized spacial score (nSPS) is 16.6. The van der Waals surface area contributed by atoms with Crippen molar-refractivity contribution in [2.45, 2.75) is 38.3 Å². The maximum atomic E-state index is 12.1. The second-order valence-electron chi connectivity index (χ2n) is 6.42. The van der Waals surface area contributed by atoms with E-state index in [0.717, 1.165) is 12.8 Å². The largest absolute Gasteiger partial charge is 0.482 e. The van der Waals surface area contributed by atoms with Crippen molar-refractivity contribution in [2.75, 3.05) is 18.1 Å². The number of esters is 1. The second-order valence-corrected chi connectivity index (χ2v) is 6.42. The SMILES string of the molecule is CC(OC(=O)CCN1C(=O)COc2ccccc21)C(=O)NC(=O)NC1CC1. The van der Waals surface area contributed by atoms with Crippen molar-refractivity contribution in [2.24, 2.45) is 0 Å².